The van der Waals surface area contributed by atoms with Crippen LogP contribution in [-0.4, -0.2) is 34.5 Å². The van der Waals surface area contributed by atoms with Crippen molar-refractivity contribution < 1.29 is 27.8 Å². The maximum Gasteiger partial charge on any atom is 0.573 e. The number of para-hydroxylation sites is 1. The number of aromatic amines is 1. The number of halogens is 5. The van der Waals surface area contributed by atoms with E-state index in [1.165, 1.54) is 12.1 Å². The second kappa shape index (κ2) is 10.0. The van der Waals surface area contributed by atoms with Gasteiger partial charge < -0.3 is 20.1 Å². The van der Waals surface area contributed by atoms with E-state index in [1.54, 1.807) is 31.3 Å². The van der Waals surface area contributed by atoms with Crippen LogP contribution in [0, 0.1) is 0 Å². The van der Waals surface area contributed by atoms with Crippen LogP contribution >= 0.6 is 23.2 Å². The summed E-state index contributed by atoms with van der Waals surface area (Å²) >= 11 is 12.0. The monoisotopic (exact) mass is 536 g/mol. The Bertz CT molecular complexity index is 1420. The van der Waals surface area contributed by atoms with Crippen LogP contribution in [0.1, 0.15) is 22.8 Å². The van der Waals surface area contributed by atoms with Gasteiger partial charge in [-0.2, -0.15) is 0 Å². The highest BCUT2D eigenvalue weighted by molar-refractivity contribution is 6.42. The molecule has 0 bridgehead atoms. The van der Waals surface area contributed by atoms with Gasteiger partial charge in [0, 0.05) is 17.1 Å². The van der Waals surface area contributed by atoms with Gasteiger partial charge in [-0.1, -0.05) is 53.5 Å². The zero-order valence-electron chi connectivity index (χ0n) is 18.9. The van der Waals surface area contributed by atoms with Crippen LogP contribution in [0.3, 0.4) is 0 Å². The van der Waals surface area contributed by atoms with E-state index < -0.39 is 30.2 Å². The quantitative estimate of drug-likeness (QED) is 0.244. The van der Waals surface area contributed by atoms with E-state index in [2.05, 4.69) is 15.0 Å². The van der Waals surface area contributed by atoms with Gasteiger partial charge in [-0.15, -0.1) is 13.2 Å². The molecule has 0 radical (unpaired) electrons. The smallest absolute Gasteiger partial charge is 0.405 e. The zero-order chi connectivity index (χ0) is 26.1. The Hall–Kier alpha value is -3.20. The van der Waals surface area contributed by atoms with Crippen molar-refractivity contribution in [3.05, 3.63) is 88.0 Å². The number of H-pyrrole nitrogens is 1. The predicted octanol–water partition coefficient (Wildman–Crippen LogP) is 6.76. The summed E-state index contributed by atoms with van der Waals surface area (Å²) in [5, 5.41) is 14.3. The summed E-state index contributed by atoms with van der Waals surface area (Å²) in [7, 11) is 0. The van der Waals surface area contributed by atoms with Gasteiger partial charge in [0.2, 0.25) is 0 Å². The fourth-order valence-electron chi connectivity index (χ4n) is 3.96. The van der Waals surface area contributed by atoms with Crippen molar-refractivity contribution in [2.75, 3.05) is 6.61 Å². The van der Waals surface area contributed by atoms with Crippen molar-refractivity contribution in [2.45, 2.75) is 25.2 Å². The first kappa shape index (κ1) is 25.9. The first-order valence-electron chi connectivity index (χ1n) is 10.8. The van der Waals surface area contributed by atoms with Gasteiger partial charge in [0.05, 0.1) is 27.8 Å². The predicted molar refractivity (Wildman–Crippen MR) is 134 cm³/mol. The Kier molecular flexibility index (Phi) is 7.22. The number of rotatable bonds is 7. The van der Waals surface area contributed by atoms with Gasteiger partial charge in [0.15, 0.2) is 0 Å². The Labute approximate surface area is 214 Å². The molecule has 0 aliphatic heterocycles. The number of aliphatic hydroxyl groups is 1. The molecular weight excluding hydrogens is 516 g/mol. The largest absolute Gasteiger partial charge is 0.573 e. The van der Waals surface area contributed by atoms with Crippen molar-refractivity contribution in [3.63, 3.8) is 0 Å². The normalized spacial score (nSPS) is 13.4. The first-order chi connectivity index (χ1) is 17.0. The van der Waals surface area contributed by atoms with E-state index >= 15 is 0 Å². The molecule has 4 aromatic rings. The topological polar surface area (TPSA) is 74.4 Å². The molecule has 188 valence electrons. The van der Waals surface area contributed by atoms with E-state index in [4.69, 9.17) is 23.2 Å². The molecule has 0 fully saturated rings. The molecule has 3 N–H and O–H groups in total. The molecule has 0 spiro atoms. The molecule has 0 aliphatic rings. The van der Waals surface area contributed by atoms with E-state index in [0.717, 1.165) is 22.5 Å². The average Bonchev–Trinajstić information content (AvgIpc) is 3.22. The Morgan fingerprint density at radius 3 is 2.42 bits per heavy atom. The molecule has 1 heterocycles. The van der Waals surface area contributed by atoms with Crippen LogP contribution in [0.5, 0.6) is 5.75 Å². The SMILES string of the molecule is CC(CO)(Cc1c[nH]c2ccccc12)NC(=O)c1cc(-c2ccc(Cl)c(Cl)c2)ccc1OC(F)(F)F. The van der Waals surface area contributed by atoms with Crippen LogP contribution in [-0.2, 0) is 6.42 Å². The standard InChI is InChI=1S/C26H21Cl2F3N2O3/c1-25(14-34,12-17-13-32-22-5-3-2-4-18(17)22)33-24(35)19-10-15(7-9-23(19)36-26(29,30)31)16-6-8-20(27)21(28)11-16/h2-11,13,32,34H,12,14H2,1H3,(H,33,35). The third-order valence-electron chi connectivity index (χ3n) is 5.72. The average molecular weight is 537 g/mol. The van der Waals surface area contributed by atoms with Gasteiger partial charge >= 0.3 is 6.36 Å². The van der Waals surface area contributed by atoms with E-state index in [-0.39, 0.29) is 17.0 Å². The molecular formula is C26H21Cl2F3N2O3. The Balaban J connectivity index is 1.68. The summed E-state index contributed by atoms with van der Waals surface area (Å²) in [6, 6.07) is 16.0. The second-order valence-electron chi connectivity index (χ2n) is 8.60. The van der Waals surface area contributed by atoms with Crippen molar-refractivity contribution >= 4 is 40.0 Å². The van der Waals surface area contributed by atoms with E-state index in [1.807, 2.05) is 24.3 Å². The lowest BCUT2D eigenvalue weighted by atomic mass is 9.92. The van der Waals surface area contributed by atoms with Crippen LogP contribution in [0.25, 0.3) is 22.0 Å². The summed E-state index contributed by atoms with van der Waals surface area (Å²) in [6.45, 7) is 1.15. The molecule has 4 rings (SSSR count). The highest BCUT2D eigenvalue weighted by Crippen LogP contribution is 2.34. The number of benzene rings is 3. The van der Waals surface area contributed by atoms with Gasteiger partial charge in [0.25, 0.3) is 5.91 Å². The van der Waals surface area contributed by atoms with Crippen LogP contribution in [0.15, 0.2) is 66.9 Å². The molecule has 5 nitrogen and oxygen atoms in total. The molecule has 0 saturated heterocycles. The summed E-state index contributed by atoms with van der Waals surface area (Å²) in [6.07, 6.45) is -3.01. The molecule has 1 atom stereocenters. The zero-order valence-corrected chi connectivity index (χ0v) is 20.4. The number of ether oxygens (including phenoxy) is 1. The number of carbonyl (C=O) groups excluding carboxylic acids is 1. The van der Waals surface area contributed by atoms with Gasteiger partial charge in [0.1, 0.15) is 5.75 Å². The number of fused-ring (bicyclic) bond motifs is 1. The molecule has 0 saturated carbocycles. The first-order valence-corrected chi connectivity index (χ1v) is 11.6. The highest BCUT2D eigenvalue weighted by Gasteiger charge is 2.34. The van der Waals surface area contributed by atoms with Crippen molar-refractivity contribution in [1.29, 1.82) is 0 Å². The Morgan fingerprint density at radius 1 is 1.03 bits per heavy atom. The highest BCUT2D eigenvalue weighted by atomic mass is 35.5. The molecule has 36 heavy (non-hydrogen) atoms. The maximum absolute atomic E-state index is 13.3. The number of aliphatic hydroxyl groups excluding tert-OH is 1. The van der Waals surface area contributed by atoms with Crippen molar-refractivity contribution in [2.24, 2.45) is 0 Å². The number of carbonyl (C=O) groups is 1. The summed E-state index contributed by atoms with van der Waals surface area (Å²) < 4.78 is 43.4. The van der Waals surface area contributed by atoms with E-state index in [9.17, 15) is 23.1 Å². The van der Waals surface area contributed by atoms with Gasteiger partial charge in [-0.25, -0.2) is 0 Å². The number of amides is 1. The lowest BCUT2D eigenvalue weighted by molar-refractivity contribution is -0.274. The van der Waals surface area contributed by atoms with E-state index in [0.29, 0.717) is 16.1 Å². The number of hydrogen-bond acceptors (Lipinski definition) is 3. The lowest BCUT2D eigenvalue weighted by Gasteiger charge is -2.29. The van der Waals surface area contributed by atoms with Gasteiger partial charge in [-0.05, 0) is 60.4 Å². The third-order valence-corrected chi connectivity index (χ3v) is 6.46. The minimum atomic E-state index is -5.01. The minimum absolute atomic E-state index is 0.223. The summed E-state index contributed by atoms with van der Waals surface area (Å²) in [5.74, 6) is -1.51. The van der Waals surface area contributed by atoms with Crippen LogP contribution in [0.4, 0.5) is 13.2 Å². The molecule has 1 aromatic heterocycles. The number of aromatic nitrogens is 1. The maximum atomic E-state index is 13.3. The third kappa shape index (κ3) is 5.78. The minimum Gasteiger partial charge on any atom is -0.405 e. The number of nitrogens with one attached hydrogen (secondary N) is 2. The fraction of sp³-hybridized carbons (Fsp3) is 0.192. The van der Waals surface area contributed by atoms with Crippen LogP contribution < -0.4 is 10.1 Å². The molecule has 3 aromatic carbocycles. The Morgan fingerprint density at radius 2 is 1.72 bits per heavy atom. The number of alkyl halides is 3. The van der Waals surface area contributed by atoms with Crippen LogP contribution in [0.2, 0.25) is 10.0 Å². The number of hydrogen-bond donors (Lipinski definition) is 3. The van der Waals surface area contributed by atoms with Gasteiger partial charge in [-0.3, -0.25) is 4.79 Å². The molecule has 10 heteroatoms. The second-order valence-corrected chi connectivity index (χ2v) is 9.41. The lowest BCUT2D eigenvalue weighted by Crippen LogP contribution is -2.50. The summed E-state index contributed by atoms with van der Waals surface area (Å²) in [4.78, 5) is 16.4. The fourth-order valence-corrected chi connectivity index (χ4v) is 4.25. The van der Waals surface area contributed by atoms with Crippen molar-refractivity contribution in [1.82, 2.24) is 10.3 Å². The molecule has 1 unspecified atom stereocenters. The van der Waals surface area contributed by atoms with Crippen molar-refractivity contribution in [3.8, 4) is 16.9 Å². The molecule has 0 aliphatic carbocycles. The summed E-state index contributed by atoms with van der Waals surface area (Å²) in [5.41, 5.74) is 1.15. The molecule has 1 amide bonds.